The van der Waals surface area contributed by atoms with Crippen LogP contribution in [0.3, 0.4) is 0 Å². The Balaban J connectivity index is 1.99. The first kappa shape index (κ1) is 12.4. The van der Waals surface area contributed by atoms with E-state index in [1.807, 2.05) is 6.07 Å². The van der Waals surface area contributed by atoms with Gasteiger partial charge in [-0.1, -0.05) is 6.07 Å². The number of hydrogen-bond acceptors (Lipinski definition) is 5. The highest BCUT2D eigenvalue weighted by atomic mass is 16.5. The molecule has 0 bridgehead atoms. The number of nitrogens with one attached hydrogen (secondary N) is 3. The van der Waals surface area contributed by atoms with Crippen molar-refractivity contribution in [1.82, 2.24) is 15.2 Å². The van der Waals surface area contributed by atoms with Crippen LogP contribution in [-0.4, -0.2) is 28.3 Å². The van der Waals surface area contributed by atoms with Crippen LogP contribution in [-0.2, 0) is 0 Å². The molecule has 0 aliphatic rings. The number of H-pyrrole nitrogens is 1. The van der Waals surface area contributed by atoms with Crippen molar-refractivity contribution in [2.45, 2.75) is 0 Å². The van der Waals surface area contributed by atoms with E-state index in [1.165, 1.54) is 7.11 Å². The normalized spacial score (nSPS) is 9.47. The number of aromatic nitrogens is 3. The number of carbonyl (C=O) groups is 1. The zero-order chi connectivity index (χ0) is 13.7. The van der Waals surface area contributed by atoms with E-state index in [1.54, 1.807) is 24.3 Å². The Morgan fingerprint density at radius 3 is 3.00 bits per heavy atom. The Labute approximate surface area is 108 Å². The molecular weight excluding hydrogens is 248 g/mol. The number of rotatable bonds is 3. The van der Waals surface area contributed by atoms with Crippen LogP contribution in [0.5, 0.6) is 6.01 Å². The van der Waals surface area contributed by atoms with Gasteiger partial charge in [0.15, 0.2) is 0 Å². The molecule has 0 saturated carbocycles. The van der Waals surface area contributed by atoms with Gasteiger partial charge < -0.3 is 10.1 Å². The maximum Gasteiger partial charge on any atom is 0.336 e. The highest BCUT2D eigenvalue weighted by molar-refractivity contribution is 5.98. The molecule has 0 spiro atoms. The van der Waals surface area contributed by atoms with Crippen LogP contribution in [0.25, 0.3) is 0 Å². The predicted molar refractivity (Wildman–Crippen MR) is 66.7 cm³/mol. The summed E-state index contributed by atoms with van der Waals surface area (Å²) in [6.07, 6.45) is 0. The molecule has 0 atom stereocenters. The SMILES string of the molecule is COc1n[nH]c(NC(=O)Nc2cccc(C#N)c2)n1. The monoisotopic (exact) mass is 258 g/mol. The van der Waals surface area contributed by atoms with Crippen molar-refractivity contribution >= 4 is 17.7 Å². The topological polar surface area (TPSA) is 116 Å². The molecule has 0 radical (unpaired) electrons. The number of hydrogen-bond donors (Lipinski definition) is 3. The van der Waals surface area contributed by atoms with Crippen molar-refractivity contribution < 1.29 is 9.53 Å². The summed E-state index contributed by atoms with van der Waals surface area (Å²) in [5.41, 5.74) is 0.960. The molecule has 0 unspecified atom stereocenters. The summed E-state index contributed by atoms with van der Waals surface area (Å²) in [4.78, 5) is 15.5. The minimum absolute atomic E-state index is 0.127. The minimum atomic E-state index is -0.506. The van der Waals surface area contributed by atoms with E-state index in [9.17, 15) is 4.79 Å². The Bertz CT molecular complexity index is 630. The summed E-state index contributed by atoms with van der Waals surface area (Å²) in [6, 6.07) is 8.15. The van der Waals surface area contributed by atoms with Gasteiger partial charge in [0.05, 0.1) is 18.7 Å². The lowest BCUT2D eigenvalue weighted by Crippen LogP contribution is -2.20. The van der Waals surface area contributed by atoms with E-state index in [4.69, 9.17) is 10.00 Å². The van der Waals surface area contributed by atoms with Gasteiger partial charge in [0.25, 0.3) is 0 Å². The minimum Gasteiger partial charge on any atom is -0.466 e. The van der Waals surface area contributed by atoms with E-state index in [0.29, 0.717) is 11.3 Å². The van der Waals surface area contributed by atoms with Crippen LogP contribution in [0.4, 0.5) is 16.4 Å². The lowest BCUT2D eigenvalue weighted by Gasteiger charge is -2.04. The Morgan fingerprint density at radius 1 is 1.47 bits per heavy atom. The molecule has 8 heteroatoms. The molecular formula is C11H10N6O2. The maximum absolute atomic E-state index is 11.6. The van der Waals surface area contributed by atoms with Crippen LogP contribution in [0, 0.1) is 11.3 Å². The molecule has 1 aromatic heterocycles. The number of aromatic amines is 1. The fourth-order valence-electron chi connectivity index (χ4n) is 1.33. The quantitative estimate of drug-likeness (QED) is 0.768. The molecule has 19 heavy (non-hydrogen) atoms. The molecule has 1 heterocycles. The van der Waals surface area contributed by atoms with E-state index in [-0.39, 0.29) is 12.0 Å². The smallest absolute Gasteiger partial charge is 0.336 e. The molecule has 3 N–H and O–H groups in total. The number of anilines is 2. The van der Waals surface area contributed by atoms with Gasteiger partial charge >= 0.3 is 12.0 Å². The van der Waals surface area contributed by atoms with Gasteiger partial charge in [-0.3, -0.25) is 5.32 Å². The zero-order valence-corrected chi connectivity index (χ0v) is 9.97. The number of nitriles is 1. The zero-order valence-electron chi connectivity index (χ0n) is 9.97. The predicted octanol–water partition coefficient (Wildman–Crippen LogP) is 1.33. The first-order valence-corrected chi connectivity index (χ1v) is 5.26. The van der Waals surface area contributed by atoms with Gasteiger partial charge in [0, 0.05) is 5.69 Å². The number of urea groups is 1. The highest BCUT2D eigenvalue weighted by Crippen LogP contribution is 2.10. The third kappa shape index (κ3) is 3.19. The van der Waals surface area contributed by atoms with E-state index < -0.39 is 6.03 Å². The number of methoxy groups -OCH3 is 1. The molecule has 2 amide bonds. The third-order valence-corrected chi connectivity index (χ3v) is 2.13. The first-order valence-electron chi connectivity index (χ1n) is 5.26. The van der Waals surface area contributed by atoms with Crippen LogP contribution in [0.15, 0.2) is 24.3 Å². The van der Waals surface area contributed by atoms with Crippen molar-refractivity contribution in [3.05, 3.63) is 29.8 Å². The molecule has 2 aromatic rings. The van der Waals surface area contributed by atoms with Crippen molar-refractivity contribution in [2.75, 3.05) is 17.7 Å². The number of ether oxygens (including phenoxy) is 1. The van der Waals surface area contributed by atoms with Crippen LogP contribution < -0.4 is 15.4 Å². The lowest BCUT2D eigenvalue weighted by molar-refractivity contribution is 0.262. The molecule has 1 aromatic carbocycles. The fraction of sp³-hybridized carbons (Fsp3) is 0.0909. The molecule has 2 rings (SSSR count). The van der Waals surface area contributed by atoms with Gasteiger partial charge in [0.2, 0.25) is 5.95 Å². The number of benzene rings is 1. The maximum atomic E-state index is 11.6. The summed E-state index contributed by atoms with van der Waals surface area (Å²) < 4.78 is 4.76. The van der Waals surface area contributed by atoms with Gasteiger partial charge in [-0.05, 0) is 18.2 Å². The summed E-state index contributed by atoms with van der Waals surface area (Å²) >= 11 is 0. The van der Waals surface area contributed by atoms with Crippen molar-refractivity contribution in [2.24, 2.45) is 0 Å². The van der Waals surface area contributed by atoms with Crippen molar-refractivity contribution in [1.29, 1.82) is 5.26 Å². The molecule has 96 valence electrons. The summed E-state index contributed by atoms with van der Waals surface area (Å²) in [5, 5.41) is 19.9. The lowest BCUT2D eigenvalue weighted by atomic mass is 10.2. The average Bonchev–Trinajstić information content (AvgIpc) is 2.86. The second kappa shape index (κ2) is 5.50. The van der Waals surface area contributed by atoms with Crippen molar-refractivity contribution in [3.8, 4) is 12.1 Å². The summed E-state index contributed by atoms with van der Waals surface area (Å²) in [5.74, 6) is 0.158. The molecule has 0 aliphatic heterocycles. The third-order valence-electron chi connectivity index (χ3n) is 2.13. The second-order valence-electron chi connectivity index (χ2n) is 3.44. The Hall–Kier alpha value is -3.08. The molecule has 0 saturated heterocycles. The largest absolute Gasteiger partial charge is 0.466 e. The fourth-order valence-corrected chi connectivity index (χ4v) is 1.33. The Morgan fingerprint density at radius 2 is 2.32 bits per heavy atom. The number of nitrogens with zero attached hydrogens (tertiary/aromatic N) is 3. The van der Waals surface area contributed by atoms with Gasteiger partial charge in [-0.15, -0.1) is 5.10 Å². The van der Waals surface area contributed by atoms with E-state index in [0.717, 1.165) is 0 Å². The van der Waals surface area contributed by atoms with E-state index in [2.05, 4.69) is 25.8 Å². The Kier molecular flexibility index (Phi) is 3.59. The highest BCUT2D eigenvalue weighted by Gasteiger charge is 2.07. The summed E-state index contributed by atoms with van der Waals surface area (Å²) in [6.45, 7) is 0. The van der Waals surface area contributed by atoms with Crippen molar-refractivity contribution in [3.63, 3.8) is 0 Å². The molecule has 0 aliphatic carbocycles. The van der Waals surface area contributed by atoms with Crippen LogP contribution >= 0.6 is 0 Å². The van der Waals surface area contributed by atoms with Gasteiger partial charge in [-0.25, -0.2) is 9.89 Å². The molecule has 0 fully saturated rings. The van der Waals surface area contributed by atoms with Crippen LogP contribution in [0.2, 0.25) is 0 Å². The second-order valence-corrected chi connectivity index (χ2v) is 3.44. The van der Waals surface area contributed by atoms with Gasteiger partial charge in [0.1, 0.15) is 0 Å². The first-order chi connectivity index (χ1) is 9.21. The molecule has 8 nitrogen and oxygen atoms in total. The number of carbonyl (C=O) groups excluding carboxylic acids is 1. The number of amides is 2. The van der Waals surface area contributed by atoms with Crippen LogP contribution in [0.1, 0.15) is 5.56 Å². The standard InChI is InChI=1S/C11H10N6O2/c1-19-11-15-9(16-17-11)14-10(18)13-8-4-2-3-7(5-8)6-12/h2-5H,1H3,(H3,13,14,15,16,17,18). The van der Waals surface area contributed by atoms with Gasteiger partial charge in [-0.2, -0.15) is 10.2 Å². The summed E-state index contributed by atoms with van der Waals surface area (Å²) in [7, 11) is 1.42. The average molecular weight is 258 g/mol. The van der Waals surface area contributed by atoms with E-state index >= 15 is 0 Å².